The van der Waals surface area contributed by atoms with Gasteiger partial charge in [-0.2, -0.15) is 0 Å². The highest BCUT2D eigenvalue weighted by molar-refractivity contribution is 5.94. The fourth-order valence-electron chi connectivity index (χ4n) is 5.35. The Bertz CT molecular complexity index is 1090. The summed E-state index contributed by atoms with van der Waals surface area (Å²) < 4.78 is 5.62. The minimum atomic E-state index is -0.372. The van der Waals surface area contributed by atoms with E-state index in [1.54, 1.807) is 7.11 Å². The van der Waals surface area contributed by atoms with E-state index in [0.717, 1.165) is 49.0 Å². The largest absolute Gasteiger partial charge is 0.496 e. The highest BCUT2D eigenvalue weighted by Gasteiger charge is 2.41. The molecule has 2 heterocycles. The maximum Gasteiger partial charge on any atom is 0.226 e. The molecular formula is C29H37N3O4. The van der Waals surface area contributed by atoms with E-state index in [2.05, 4.69) is 12.2 Å². The Morgan fingerprint density at radius 1 is 1.06 bits per heavy atom. The van der Waals surface area contributed by atoms with Crippen LogP contribution in [0.4, 0.5) is 5.69 Å². The monoisotopic (exact) mass is 491 g/mol. The minimum Gasteiger partial charge on any atom is -0.496 e. The summed E-state index contributed by atoms with van der Waals surface area (Å²) in [7, 11) is 1.62. The smallest absolute Gasteiger partial charge is 0.226 e. The molecule has 36 heavy (non-hydrogen) atoms. The van der Waals surface area contributed by atoms with Gasteiger partial charge in [0, 0.05) is 43.7 Å². The van der Waals surface area contributed by atoms with Gasteiger partial charge in [-0.05, 0) is 49.4 Å². The molecule has 2 aromatic carbocycles. The molecular weight excluding hydrogens is 454 g/mol. The summed E-state index contributed by atoms with van der Waals surface area (Å²) in [4.78, 5) is 42.6. The summed E-state index contributed by atoms with van der Waals surface area (Å²) in [6.07, 6.45) is 5.24. The molecule has 2 saturated heterocycles. The SMILES string of the molecule is CCCCN1C(=O)CCC(C(=O)NCc2cccc(N3CCCCC3=O)c2)C1c1ccccc1OC. The van der Waals surface area contributed by atoms with Crippen molar-refractivity contribution in [1.82, 2.24) is 10.2 Å². The highest BCUT2D eigenvalue weighted by Crippen LogP contribution is 2.41. The third kappa shape index (κ3) is 5.72. The summed E-state index contributed by atoms with van der Waals surface area (Å²) in [5, 5.41) is 3.12. The lowest BCUT2D eigenvalue weighted by Gasteiger charge is -2.41. The van der Waals surface area contributed by atoms with E-state index < -0.39 is 0 Å². The number of hydrogen-bond acceptors (Lipinski definition) is 4. The molecule has 0 aliphatic carbocycles. The number of carbonyl (C=O) groups is 3. The maximum absolute atomic E-state index is 13.6. The number of nitrogens with one attached hydrogen (secondary N) is 1. The second-order valence-corrected chi connectivity index (χ2v) is 9.66. The number of likely N-dealkylation sites (tertiary alicyclic amines) is 1. The minimum absolute atomic E-state index is 0.0700. The fraction of sp³-hybridized carbons (Fsp3) is 0.483. The predicted octanol–water partition coefficient (Wildman–Crippen LogP) is 4.61. The third-order valence-corrected chi connectivity index (χ3v) is 7.27. The van der Waals surface area contributed by atoms with Crippen LogP contribution >= 0.6 is 0 Å². The summed E-state index contributed by atoms with van der Waals surface area (Å²) in [6, 6.07) is 15.1. The molecule has 192 valence electrons. The predicted molar refractivity (Wildman–Crippen MR) is 140 cm³/mol. The number of carbonyl (C=O) groups excluding carboxylic acids is 3. The van der Waals surface area contributed by atoms with Gasteiger partial charge in [-0.1, -0.05) is 43.7 Å². The van der Waals surface area contributed by atoms with Gasteiger partial charge in [-0.25, -0.2) is 0 Å². The summed E-state index contributed by atoms with van der Waals surface area (Å²) in [5.41, 5.74) is 2.70. The first-order valence-electron chi connectivity index (χ1n) is 13.1. The van der Waals surface area contributed by atoms with Gasteiger partial charge in [0.05, 0.1) is 19.1 Å². The van der Waals surface area contributed by atoms with Crippen LogP contribution < -0.4 is 15.0 Å². The summed E-state index contributed by atoms with van der Waals surface area (Å²) in [6.45, 7) is 3.82. The first-order valence-corrected chi connectivity index (χ1v) is 13.1. The van der Waals surface area contributed by atoms with E-state index in [1.807, 2.05) is 58.3 Å². The zero-order valence-electron chi connectivity index (χ0n) is 21.4. The number of nitrogens with zero attached hydrogens (tertiary/aromatic N) is 2. The molecule has 0 saturated carbocycles. The van der Waals surface area contributed by atoms with Crippen LogP contribution in [0.15, 0.2) is 48.5 Å². The first kappa shape index (κ1) is 25.7. The van der Waals surface area contributed by atoms with Crippen molar-refractivity contribution >= 4 is 23.4 Å². The molecule has 2 unspecified atom stereocenters. The van der Waals surface area contributed by atoms with Crippen LogP contribution in [0, 0.1) is 5.92 Å². The number of rotatable bonds is 9. The van der Waals surface area contributed by atoms with E-state index in [9.17, 15) is 14.4 Å². The van der Waals surface area contributed by atoms with Gasteiger partial charge in [0.25, 0.3) is 0 Å². The first-order chi connectivity index (χ1) is 17.5. The molecule has 2 atom stereocenters. The van der Waals surface area contributed by atoms with Crippen LogP contribution in [-0.4, -0.2) is 42.8 Å². The zero-order valence-corrected chi connectivity index (χ0v) is 21.4. The van der Waals surface area contributed by atoms with Crippen molar-refractivity contribution in [1.29, 1.82) is 0 Å². The van der Waals surface area contributed by atoms with Crippen LogP contribution in [0.3, 0.4) is 0 Å². The lowest BCUT2D eigenvalue weighted by molar-refractivity contribution is -0.143. The number of ether oxygens (including phenoxy) is 1. The second kappa shape index (κ2) is 12.1. The van der Waals surface area contributed by atoms with Crippen LogP contribution in [-0.2, 0) is 20.9 Å². The van der Waals surface area contributed by atoms with E-state index in [-0.39, 0.29) is 29.7 Å². The molecule has 0 spiro atoms. The lowest BCUT2D eigenvalue weighted by Crippen LogP contribution is -2.48. The Balaban J connectivity index is 1.53. The number of hydrogen-bond donors (Lipinski definition) is 1. The lowest BCUT2D eigenvalue weighted by atomic mass is 9.83. The van der Waals surface area contributed by atoms with Gasteiger partial charge in [-0.3, -0.25) is 14.4 Å². The van der Waals surface area contributed by atoms with Crippen molar-refractivity contribution in [2.24, 2.45) is 5.92 Å². The highest BCUT2D eigenvalue weighted by atomic mass is 16.5. The second-order valence-electron chi connectivity index (χ2n) is 9.66. The van der Waals surface area contributed by atoms with Crippen molar-refractivity contribution in [2.75, 3.05) is 25.1 Å². The molecule has 0 aromatic heterocycles. The number of benzene rings is 2. The van der Waals surface area contributed by atoms with E-state index in [4.69, 9.17) is 4.74 Å². The molecule has 2 aromatic rings. The van der Waals surface area contributed by atoms with Gasteiger partial charge in [-0.15, -0.1) is 0 Å². The van der Waals surface area contributed by atoms with E-state index in [0.29, 0.717) is 38.1 Å². The van der Waals surface area contributed by atoms with Crippen molar-refractivity contribution < 1.29 is 19.1 Å². The van der Waals surface area contributed by atoms with Crippen molar-refractivity contribution in [3.63, 3.8) is 0 Å². The van der Waals surface area contributed by atoms with Gasteiger partial charge >= 0.3 is 0 Å². The molecule has 3 amide bonds. The zero-order chi connectivity index (χ0) is 25.5. The number of para-hydroxylation sites is 1. The number of unbranched alkanes of at least 4 members (excludes halogenated alkanes) is 1. The Morgan fingerprint density at radius 3 is 2.67 bits per heavy atom. The molecule has 7 heteroatoms. The molecule has 7 nitrogen and oxygen atoms in total. The summed E-state index contributed by atoms with van der Waals surface area (Å²) >= 11 is 0. The maximum atomic E-state index is 13.6. The normalized spacial score (nSPS) is 20.4. The Hall–Kier alpha value is -3.35. The molecule has 2 aliphatic rings. The van der Waals surface area contributed by atoms with Crippen LogP contribution in [0.5, 0.6) is 5.75 Å². The van der Waals surface area contributed by atoms with Crippen LogP contribution in [0.25, 0.3) is 0 Å². The van der Waals surface area contributed by atoms with E-state index >= 15 is 0 Å². The van der Waals surface area contributed by atoms with Crippen molar-refractivity contribution in [3.8, 4) is 5.75 Å². The van der Waals surface area contributed by atoms with Gasteiger partial charge < -0.3 is 19.9 Å². The molecule has 0 bridgehead atoms. The Morgan fingerprint density at radius 2 is 1.89 bits per heavy atom. The Kier molecular flexibility index (Phi) is 8.62. The molecule has 2 fully saturated rings. The van der Waals surface area contributed by atoms with Crippen molar-refractivity contribution in [3.05, 3.63) is 59.7 Å². The molecule has 1 N–H and O–H groups in total. The van der Waals surface area contributed by atoms with Gasteiger partial charge in [0.2, 0.25) is 17.7 Å². The van der Waals surface area contributed by atoms with Crippen LogP contribution in [0.1, 0.15) is 69.0 Å². The molecule has 2 aliphatic heterocycles. The number of piperidine rings is 2. The average molecular weight is 492 g/mol. The average Bonchev–Trinajstić information content (AvgIpc) is 2.91. The fourth-order valence-corrected chi connectivity index (χ4v) is 5.35. The number of methoxy groups -OCH3 is 1. The number of amides is 3. The van der Waals surface area contributed by atoms with Crippen LogP contribution in [0.2, 0.25) is 0 Å². The standard InChI is InChI=1S/C29H37N3O4/c1-3-4-17-32-27(34)16-15-24(28(32)23-12-5-6-13-25(23)36-2)29(35)30-20-21-10-9-11-22(19-21)31-18-8-7-14-26(31)33/h5-6,9-13,19,24,28H,3-4,7-8,14-18,20H2,1-2H3,(H,30,35). The van der Waals surface area contributed by atoms with Gasteiger partial charge in [0.15, 0.2) is 0 Å². The summed E-state index contributed by atoms with van der Waals surface area (Å²) in [5.74, 6) is 0.487. The van der Waals surface area contributed by atoms with Gasteiger partial charge in [0.1, 0.15) is 5.75 Å². The molecule has 4 rings (SSSR count). The molecule has 0 radical (unpaired) electrons. The van der Waals surface area contributed by atoms with E-state index in [1.165, 1.54) is 0 Å². The Labute approximate surface area is 213 Å². The third-order valence-electron chi connectivity index (χ3n) is 7.27. The number of anilines is 1. The quantitative estimate of drug-likeness (QED) is 0.556. The van der Waals surface area contributed by atoms with Crippen molar-refractivity contribution in [2.45, 2.75) is 64.5 Å². The topological polar surface area (TPSA) is 79.0 Å².